The minimum atomic E-state index is -0.487. The van der Waals surface area contributed by atoms with Crippen LogP contribution in [0.2, 0.25) is 0 Å². The first-order chi connectivity index (χ1) is 8.63. The number of ether oxygens (including phenoxy) is 1. The largest absolute Gasteiger partial charge is 0.390 e. The summed E-state index contributed by atoms with van der Waals surface area (Å²) in [4.78, 5) is 4.24. The van der Waals surface area contributed by atoms with E-state index in [4.69, 9.17) is 4.74 Å². The van der Waals surface area contributed by atoms with Crippen LogP contribution in [0.3, 0.4) is 0 Å². The Morgan fingerprint density at radius 2 is 2.22 bits per heavy atom. The van der Waals surface area contributed by atoms with Crippen LogP contribution in [0.5, 0.6) is 0 Å². The molecule has 2 unspecified atom stereocenters. The van der Waals surface area contributed by atoms with Gasteiger partial charge in [-0.1, -0.05) is 0 Å². The van der Waals surface area contributed by atoms with Crippen LogP contribution in [0.4, 0.5) is 0 Å². The molecule has 1 saturated carbocycles. The van der Waals surface area contributed by atoms with Crippen LogP contribution in [-0.4, -0.2) is 38.7 Å². The van der Waals surface area contributed by atoms with Crippen molar-refractivity contribution in [2.75, 3.05) is 6.61 Å². The van der Waals surface area contributed by atoms with Gasteiger partial charge < -0.3 is 9.84 Å². The lowest BCUT2D eigenvalue weighted by Crippen LogP contribution is -2.34. The van der Waals surface area contributed by atoms with Gasteiger partial charge in [-0.3, -0.25) is 0 Å². The summed E-state index contributed by atoms with van der Waals surface area (Å²) in [7, 11) is 0. The van der Waals surface area contributed by atoms with Crippen LogP contribution in [0, 0.1) is 5.92 Å². The van der Waals surface area contributed by atoms with E-state index in [1.54, 1.807) is 6.33 Å². The van der Waals surface area contributed by atoms with E-state index in [2.05, 4.69) is 23.9 Å². The lowest BCUT2D eigenvalue weighted by molar-refractivity contribution is -0.0450. The SMILES string of the molecule is CCOC(C(O)Cc1ncnn1C(C)C)C1CC1. The molecule has 1 aromatic heterocycles. The molecule has 0 bridgehead atoms. The van der Waals surface area contributed by atoms with Crippen molar-refractivity contribution in [1.82, 2.24) is 14.8 Å². The molecule has 0 saturated heterocycles. The number of nitrogens with zero attached hydrogens (tertiary/aromatic N) is 3. The van der Waals surface area contributed by atoms with Gasteiger partial charge in [0.2, 0.25) is 0 Å². The highest BCUT2D eigenvalue weighted by Crippen LogP contribution is 2.36. The Bertz CT molecular complexity index is 374. The minimum absolute atomic E-state index is 0.0488. The highest BCUT2D eigenvalue weighted by molar-refractivity contribution is 4.95. The summed E-state index contributed by atoms with van der Waals surface area (Å²) in [5.74, 6) is 1.36. The summed E-state index contributed by atoms with van der Waals surface area (Å²) in [6, 6.07) is 0.265. The van der Waals surface area contributed by atoms with Gasteiger partial charge in [0.25, 0.3) is 0 Å². The predicted molar refractivity (Wildman–Crippen MR) is 68.3 cm³/mol. The van der Waals surface area contributed by atoms with Crippen LogP contribution in [-0.2, 0) is 11.2 Å². The first-order valence-corrected chi connectivity index (χ1v) is 6.81. The minimum Gasteiger partial charge on any atom is -0.390 e. The highest BCUT2D eigenvalue weighted by Gasteiger charge is 2.37. The molecule has 0 radical (unpaired) electrons. The predicted octanol–water partition coefficient (Wildman–Crippen LogP) is 1.58. The monoisotopic (exact) mass is 253 g/mol. The van der Waals surface area contributed by atoms with Crippen molar-refractivity contribution >= 4 is 0 Å². The maximum Gasteiger partial charge on any atom is 0.138 e. The summed E-state index contributed by atoms with van der Waals surface area (Å²) in [6.07, 6.45) is 3.86. The third-order valence-corrected chi connectivity index (χ3v) is 3.35. The lowest BCUT2D eigenvalue weighted by Gasteiger charge is -2.22. The lowest BCUT2D eigenvalue weighted by atomic mass is 10.1. The summed E-state index contributed by atoms with van der Waals surface area (Å²) >= 11 is 0. The van der Waals surface area contributed by atoms with E-state index >= 15 is 0 Å². The molecule has 1 aliphatic rings. The zero-order valence-corrected chi connectivity index (χ0v) is 11.4. The van der Waals surface area contributed by atoms with Gasteiger partial charge in [0, 0.05) is 19.1 Å². The highest BCUT2D eigenvalue weighted by atomic mass is 16.5. The molecule has 1 fully saturated rings. The number of rotatable bonds is 7. The Kier molecular flexibility index (Phi) is 4.35. The standard InChI is InChI=1S/C13H23N3O2/c1-4-18-13(10-5-6-10)11(17)7-12-14-8-15-16(12)9(2)3/h8-11,13,17H,4-7H2,1-3H3. The fraction of sp³-hybridized carbons (Fsp3) is 0.846. The van der Waals surface area contributed by atoms with Crippen molar-refractivity contribution in [2.45, 2.75) is 58.3 Å². The van der Waals surface area contributed by atoms with E-state index in [-0.39, 0.29) is 12.1 Å². The van der Waals surface area contributed by atoms with E-state index in [1.165, 1.54) is 12.8 Å². The summed E-state index contributed by atoms with van der Waals surface area (Å²) in [5, 5.41) is 14.5. The van der Waals surface area contributed by atoms with E-state index in [9.17, 15) is 5.11 Å². The Balaban J connectivity index is 2.00. The number of hydrogen-bond acceptors (Lipinski definition) is 4. The molecule has 0 amide bonds. The molecule has 5 heteroatoms. The molecule has 2 rings (SSSR count). The molecular weight excluding hydrogens is 230 g/mol. The fourth-order valence-corrected chi connectivity index (χ4v) is 2.33. The quantitative estimate of drug-likeness (QED) is 0.801. The molecule has 5 nitrogen and oxygen atoms in total. The zero-order chi connectivity index (χ0) is 13.1. The average molecular weight is 253 g/mol. The Labute approximate surface area is 108 Å². The number of aromatic nitrogens is 3. The van der Waals surface area contributed by atoms with Crippen LogP contribution in [0.1, 0.15) is 45.5 Å². The number of hydrogen-bond donors (Lipinski definition) is 1. The first kappa shape index (κ1) is 13.5. The van der Waals surface area contributed by atoms with Crippen molar-refractivity contribution in [3.63, 3.8) is 0 Å². The maximum absolute atomic E-state index is 10.3. The second-order valence-corrected chi connectivity index (χ2v) is 5.24. The van der Waals surface area contributed by atoms with Crippen LogP contribution in [0.15, 0.2) is 6.33 Å². The van der Waals surface area contributed by atoms with E-state index in [1.807, 2.05) is 11.6 Å². The molecule has 0 spiro atoms. The Morgan fingerprint density at radius 3 is 2.78 bits per heavy atom. The van der Waals surface area contributed by atoms with Crippen LogP contribution in [0.25, 0.3) is 0 Å². The maximum atomic E-state index is 10.3. The molecule has 1 N–H and O–H groups in total. The summed E-state index contributed by atoms with van der Waals surface area (Å²) in [6.45, 7) is 6.74. The van der Waals surface area contributed by atoms with Crippen molar-refractivity contribution in [3.8, 4) is 0 Å². The van der Waals surface area contributed by atoms with Gasteiger partial charge in [0.05, 0.1) is 12.2 Å². The van der Waals surface area contributed by atoms with Gasteiger partial charge in [0.15, 0.2) is 0 Å². The van der Waals surface area contributed by atoms with Crippen LogP contribution < -0.4 is 0 Å². The van der Waals surface area contributed by atoms with Crippen molar-refractivity contribution in [3.05, 3.63) is 12.2 Å². The molecule has 1 aromatic rings. The second-order valence-electron chi connectivity index (χ2n) is 5.24. The van der Waals surface area contributed by atoms with Gasteiger partial charge in [-0.25, -0.2) is 9.67 Å². The second kappa shape index (κ2) is 5.80. The summed E-state index contributed by atoms with van der Waals surface area (Å²) in [5.41, 5.74) is 0. The molecule has 18 heavy (non-hydrogen) atoms. The number of aliphatic hydroxyl groups is 1. The van der Waals surface area contributed by atoms with Crippen LogP contribution >= 0.6 is 0 Å². The van der Waals surface area contributed by atoms with Crippen molar-refractivity contribution in [1.29, 1.82) is 0 Å². The average Bonchev–Trinajstić information content (AvgIpc) is 3.05. The van der Waals surface area contributed by atoms with E-state index < -0.39 is 6.10 Å². The Morgan fingerprint density at radius 1 is 1.50 bits per heavy atom. The molecule has 1 heterocycles. The van der Waals surface area contributed by atoms with Crippen molar-refractivity contribution < 1.29 is 9.84 Å². The normalized spacial score (nSPS) is 19.2. The van der Waals surface area contributed by atoms with Crippen molar-refractivity contribution in [2.24, 2.45) is 5.92 Å². The molecule has 102 valence electrons. The van der Waals surface area contributed by atoms with Gasteiger partial charge in [-0.05, 0) is 39.5 Å². The molecule has 1 aliphatic carbocycles. The molecular formula is C13H23N3O2. The fourth-order valence-electron chi connectivity index (χ4n) is 2.33. The number of aliphatic hydroxyl groups excluding tert-OH is 1. The molecule has 0 aliphatic heterocycles. The third-order valence-electron chi connectivity index (χ3n) is 3.35. The smallest absolute Gasteiger partial charge is 0.138 e. The molecule has 0 aromatic carbocycles. The van der Waals surface area contributed by atoms with E-state index in [0.717, 1.165) is 5.82 Å². The van der Waals surface area contributed by atoms with Gasteiger partial charge in [-0.15, -0.1) is 0 Å². The third kappa shape index (κ3) is 3.09. The van der Waals surface area contributed by atoms with Gasteiger partial charge in [0.1, 0.15) is 12.2 Å². The van der Waals surface area contributed by atoms with Gasteiger partial charge >= 0.3 is 0 Å². The first-order valence-electron chi connectivity index (χ1n) is 6.81. The topological polar surface area (TPSA) is 60.2 Å². The summed E-state index contributed by atoms with van der Waals surface area (Å²) < 4.78 is 7.53. The zero-order valence-electron chi connectivity index (χ0n) is 11.4. The Hall–Kier alpha value is -0.940. The van der Waals surface area contributed by atoms with Gasteiger partial charge in [-0.2, -0.15) is 5.10 Å². The molecule has 2 atom stereocenters. The van der Waals surface area contributed by atoms with E-state index in [0.29, 0.717) is 18.9 Å².